The van der Waals surface area contributed by atoms with Crippen LogP contribution in [0.5, 0.6) is 0 Å². The number of nitrogens with one attached hydrogen (secondary N) is 2. The third kappa shape index (κ3) is 4.02. The SMILES string of the molecule is Cc1cc(-c2cnc3[nH]cc(C(F)(F)F)c3c2)cc([C@H]2COCCN2)c1C1CCOCC1. The first-order valence-corrected chi connectivity index (χ1v) is 11.0. The van der Waals surface area contributed by atoms with Crippen molar-refractivity contribution < 1.29 is 22.6 Å². The van der Waals surface area contributed by atoms with Crippen molar-refractivity contribution in [2.24, 2.45) is 0 Å². The Hall–Kier alpha value is -2.42. The van der Waals surface area contributed by atoms with Gasteiger partial charge in [0.15, 0.2) is 0 Å². The molecule has 2 saturated heterocycles. The summed E-state index contributed by atoms with van der Waals surface area (Å²) in [5, 5.41) is 3.63. The van der Waals surface area contributed by atoms with Crippen LogP contribution in [0.2, 0.25) is 0 Å². The minimum absolute atomic E-state index is 0.0509. The van der Waals surface area contributed by atoms with Crippen molar-refractivity contribution in [1.29, 1.82) is 0 Å². The highest BCUT2D eigenvalue weighted by molar-refractivity contribution is 5.85. The van der Waals surface area contributed by atoms with Crippen molar-refractivity contribution in [3.05, 3.63) is 52.8 Å². The monoisotopic (exact) mass is 445 g/mol. The van der Waals surface area contributed by atoms with E-state index in [2.05, 4.69) is 34.3 Å². The molecule has 5 rings (SSSR count). The molecule has 0 amide bonds. The van der Waals surface area contributed by atoms with Crippen molar-refractivity contribution in [2.45, 2.75) is 37.9 Å². The Morgan fingerprint density at radius 3 is 2.56 bits per heavy atom. The molecule has 2 aliphatic rings. The molecule has 32 heavy (non-hydrogen) atoms. The first-order valence-electron chi connectivity index (χ1n) is 11.0. The van der Waals surface area contributed by atoms with Crippen LogP contribution in [0.15, 0.2) is 30.6 Å². The summed E-state index contributed by atoms with van der Waals surface area (Å²) in [7, 11) is 0. The van der Waals surface area contributed by atoms with E-state index in [0.29, 0.717) is 24.7 Å². The number of aryl methyl sites for hydroxylation is 1. The van der Waals surface area contributed by atoms with Crippen LogP contribution in [0, 0.1) is 6.92 Å². The topological polar surface area (TPSA) is 59.2 Å². The van der Waals surface area contributed by atoms with Crippen LogP contribution in [-0.2, 0) is 15.7 Å². The number of rotatable bonds is 3. The maximum Gasteiger partial charge on any atom is 0.418 e. The molecular formula is C24H26F3N3O2. The molecular weight excluding hydrogens is 419 g/mol. The van der Waals surface area contributed by atoms with E-state index in [1.165, 1.54) is 5.56 Å². The fourth-order valence-corrected chi connectivity index (χ4v) is 4.99. The van der Waals surface area contributed by atoms with E-state index in [-0.39, 0.29) is 17.1 Å². The lowest BCUT2D eigenvalue weighted by molar-refractivity contribution is -0.136. The van der Waals surface area contributed by atoms with Crippen LogP contribution >= 0.6 is 0 Å². The largest absolute Gasteiger partial charge is 0.418 e. The maximum atomic E-state index is 13.4. The molecule has 2 aliphatic heterocycles. The molecule has 0 spiro atoms. The van der Waals surface area contributed by atoms with E-state index < -0.39 is 11.7 Å². The second-order valence-electron chi connectivity index (χ2n) is 8.58. The van der Waals surface area contributed by atoms with Gasteiger partial charge in [-0.3, -0.25) is 0 Å². The first-order chi connectivity index (χ1) is 15.4. The highest BCUT2D eigenvalue weighted by atomic mass is 19.4. The van der Waals surface area contributed by atoms with Gasteiger partial charge in [-0.25, -0.2) is 4.98 Å². The molecule has 2 N–H and O–H groups in total. The molecule has 4 heterocycles. The van der Waals surface area contributed by atoms with Crippen molar-refractivity contribution >= 4 is 11.0 Å². The van der Waals surface area contributed by atoms with E-state index in [1.807, 2.05) is 0 Å². The van der Waals surface area contributed by atoms with Crippen LogP contribution in [0.25, 0.3) is 22.2 Å². The summed E-state index contributed by atoms with van der Waals surface area (Å²) in [5.41, 5.74) is 4.69. The van der Waals surface area contributed by atoms with Gasteiger partial charge in [0.1, 0.15) is 5.65 Å². The van der Waals surface area contributed by atoms with Crippen LogP contribution in [0.4, 0.5) is 13.2 Å². The molecule has 5 nitrogen and oxygen atoms in total. The van der Waals surface area contributed by atoms with Crippen molar-refractivity contribution in [3.63, 3.8) is 0 Å². The lowest BCUT2D eigenvalue weighted by atomic mass is 9.81. The fraction of sp³-hybridized carbons (Fsp3) is 0.458. The Kier molecular flexibility index (Phi) is 5.69. The smallest absolute Gasteiger partial charge is 0.381 e. The van der Waals surface area contributed by atoms with E-state index in [9.17, 15) is 13.2 Å². The standard InChI is InChI=1S/C24H26F3N3O2/c1-14-8-16(17-10-18-20(24(25,26)27)12-30-23(18)29-11-17)9-19(21-13-32-7-4-28-21)22(14)15-2-5-31-6-3-15/h8-12,15,21,28H,2-7,13H2,1H3,(H,29,30)/t21-/m1/s1. The summed E-state index contributed by atoms with van der Waals surface area (Å²) in [6, 6.07) is 5.81. The quantitative estimate of drug-likeness (QED) is 0.588. The van der Waals surface area contributed by atoms with Gasteiger partial charge in [0, 0.05) is 43.1 Å². The lowest BCUT2D eigenvalue weighted by Gasteiger charge is -2.32. The number of morpholine rings is 1. The molecule has 0 bridgehead atoms. The molecule has 8 heteroatoms. The normalized spacial score (nSPS) is 20.7. The zero-order valence-corrected chi connectivity index (χ0v) is 17.9. The van der Waals surface area contributed by atoms with E-state index in [0.717, 1.165) is 55.5 Å². The van der Waals surface area contributed by atoms with E-state index in [1.54, 1.807) is 12.3 Å². The predicted molar refractivity (Wildman–Crippen MR) is 116 cm³/mol. The molecule has 3 aromatic rings. The minimum Gasteiger partial charge on any atom is -0.381 e. The number of pyridine rings is 1. The van der Waals surface area contributed by atoms with Gasteiger partial charge in [0.2, 0.25) is 0 Å². The van der Waals surface area contributed by atoms with E-state index in [4.69, 9.17) is 9.47 Å². The summed E-state index contributed by atoms with van der Waals surface area (Å²) >= 11 is 0. The Labute approximate surface area is 184 Å². The maximum absolute atomic E-state index is 13.4. The molecule has 1 aromatic carbocycles. The van der Waals surface area contributed by atoms with Crippen molar-refractivity contribution in [3.8, 4) is 11.1 Å². The number of aromatic nitrogens is 2. The molecule has 0 radical (unpaired) electrons. The number of aromatic amines is 1. The van der Waals surface area contributed by atoms with Gasteiger partial charge in [0.25, 0.3) is 0 Å². The number of H-pyrrole nitrogens is 1. The molecule has 0 unspecified atom stereocenters. The zero-order valence-electron chi connectivity index (χ0n) is 17.9. The van der Waals surface area contributed by atoms with Gasteiger partial charge in [-0.2, -0.15) is 13.2 Å². The second kappa shape index (κ2) is 8.50. The average molecular weight is 445 g/mol. The average Bonchev–Trinajstić information content (AvgIpc) is 3.23. The van der Waals surface area contributed by atoms with Crippen molar-refractivity contribution in [2.75, 3.05) is 33.0 Å². The molecule has 2 aromatic heterocycles. The zero-order chi connectivity index (χ0) is 22.3. The van der Waals surface area contributed by atoms with Crippen LogP contribution < -0.4 is 5.32 Å². The molecule has 0 saturated carbocycles. The summed E-state index contributed by atoms with van der Waals surface area (Å²) < 4.78 is 51.6. The molecule has 170 valence electrons. The Bertz CT molecular complexity index is 1110. The third-order valence-corrected chi connectivity index (χ3v) is 6.52. The highest BCUT2D eigenvalue weighted by Gasteiger charge is 2.34. The number of nitrogens with zero attached hydrogens (tertiary/aromatic N) is 1. The molecule has 2 fully saturated rings. The van der Waals surface area contributed by atoms with Gasteiger partial charge in [-0.15, -0.1) is 0 Å². The third-order valence-electron chi connectivity index (χ3n) is 6.52. The van der Waals surface area contributed by atoms with Crippen molar-refractivity contribution in [1.82, 2.24) is 15.3 Å². The molecule has 0 aliphatic carbocycles. The van der Waals surface area contributed by atoms with Crippen LogP contribution in [0.1, 0.15) is 47.1 Å². The van der Waals surface area contributed by atoms with Gasteiger partial charge < -0.3 is 19.8 Å². The van der Waals surface area contributed by atoms with Gasteiger partial charge in [-0.05, 0) is 60.1 Å². The number of fused-ring (bicyclic) bond motifs is 1. The number of benzene rings is 1. The summed E-state index contributed by atoms with van der Waals surface area (Å²) in [5.74, 6) is 0.402. The number of ether oxygens (including phenoxy) is 2. The van der Waals surface area contributed by atoms with Gasteiger partial charge in [-0.1, -0.05) is 6.07 Å². The van der Waals surface area contributed by atoms with E-state index >= 15 is 0 Å². The molecule has 1 atom stereocenters. The van der Waals surface area contributed by atoms with Crippen LogP contribution in [0.3, 0.4) is 0 Å². The van der Waals surface area contributed by atoms with Gasteiger partial charge >= 0.3 is 6.18 Å². The Balaban J connectivity index is 1.62. The number of halogens is 3. The summed E-state index contributed by atoms with van der Waals surface area (Å²) in [4.78, 5) is 6.89. The fourth-order valence-electron chi connectivity index (χ4n) is 4.99. The number of hydrogen-bond acceptors (Lipinski definition) is 4. The predicted octanol–water partition coefficient (Wildman–Crippen LogP) is 5.11. The lowest BCUT2D eigenvalue weighted by Crippen LogP contribution is -2.35. The minimum atomic E-state index is -4.43. The van der Waals surface area contributed by atoms with Gasteiger partial charge in [0.05, 0.1) is 24.8 Å². The van der Waals surface area contributed by atoms with Crippen LogP contribution in [-0.4, -0.2) is 42.9 Å². The summed E-state index contributed by atoms with van der Waals surface area (Å²) in [6.45, 7) is 5.60. The summed E-state index contributed by atoms with van der Waals surface area (Å²) in [6.07, 6.45) is 0.112. The number of hydrogen-bond donors (Lipinski definition) is 2. The second-order valence-corrected chi connectivity index (χ2v) is 8.58. The highest BCUT2D eigenvalue weighted by Crippen LogP contribution is 2.40. The first kappa shape index (κ1) is 21.4. The Morgan fingerprint density at radius 1 is 1.03 bits per heavy atom. The Morgan fingerprint density at radius 2 is 1.84 bits per heavy atom. The number of alkyl halides is 3.